The largest absolute Gasteiger partial charge is 0.481 e. The van der Waals surface area contributed by atoms with Gasteiger partial charge in [-0.1, -0.05) is 77.2 Å². The summed E-state index contributed by atoms with van der Waals surface area (Å²) >= 11 is 0. The second-order valence-corrected chi connectivity index (χ2v) is 10.1. The van der Waals surface area contributed by atoms with Crippen molar-refractivity contribution in [1.29, 1.82) is 0 Å². The van der Waals surface area contributed by atoms with Gasteiger partial charge < -0.3 is 5.11 Å². The van der Waals surface area contributed by atoms with Gasteiger partial charge >= 0.3 is 5.97 Å². The van der Waals surface area contributed by atoms with Crippen molar-refractivity contribution < 1.29 is 9.90 Å². The summed E-state index contributed by atoms with van der Waals surface area (Å²) in [5.41, 5.74) is 2.90. The molecule has 0 saturated heterocycles. The molecule has 32 heavy (non-hydrogen) atoms. The van der Waals surface area contributed by atoms with Gasteiger partial charge in [-0.15, -0.1) is 0 Å². The van der Waals surface area contributed by atoms with Crippen LogP contribution in [0.15, 0.2) is 16.8 Å². The lowest BCUT2D eigenvalue weighted by molar-refractivity contribution is -0.142. The zero-order valence-electron chi connectivity index (χ0n) is 21.0. The van der Waals surface area contributed by atoms with Gasteiger partial charge in [0.2, 0.25) is 0 Å². The summed E-state index contributed by atoms with van der Waals surface area (Å²) < 4.78 is 0. The average molecular weight is 447 g/mol. The van der Waals surface area contributed by atoms with Crippen LogP contribution in [0.25, 0.3) is 0 Å². The van der Waals surface area contributed by atoms with E-state index < -0.39 is 5.97 Å². The molecule has 0 aromatic rings. The molecule has 0 radical (unpaired) electrons. The van der Waals surface area contributed by atoms with Crippen molar-refractivity contribution in [3.63, 3.8) is 0 Å². The fourth-order valence-electron chi connectivity index (χ4n) is 5.12. The molecule has 184 valence electrons. The van der Waals surface area contributed by atoms with Gasteiger partial charge in [-0.25, -0.2) is 0 Å². The fourth-order valence-corrected chi connectivity index (χ4v) is 5.12. The van der Waals surface area contributed by atoms with Crippen molar-refractivity contribution >= 4 is 11.7 Å². The van der Waals surface area contributed by atoms with E-state index in [4.69, 9.17) is 5.10 Å². The highest BCUT2D eigenvalue weighted by molar-refractivity contribution is 5.99. The van der Waals surface area contributed by atoms with Crippen molar-refractivity contribution in [2.45, 2.75) is 135 Å². The lowest BCUT2D eigenvalue weighted by Crippen LogP contribution is -2.23. The predicted molar refractivity (Wildman–Crippen MR) is 136 cm³/mol. The maximum absolute atomic E-state index is 11.3. The van der Waals surface area contributed by atoms with Crippen molar-refractivity contribution in [2.75, 3.05) is 13.1 Å². The minimum Gasteiger partial charge on any atom is -0.481 e. The van der Waals surface area contributed by atoms with Gasteiger partial charge in [0.1, 0.15) is 0 Å². The first kappa shape index (κ1) is 26.9. The molecule has 0 amide bonds. The maximum atomic E-state index is 11.3. The van der Waals surface area contributed by atoms with Crippen LogP contribution in [0.4, 0.5) is 0 Å². The van der Waals surface area contributed by atoms with Crippen LogP contribution in [-0.4, -0.2) is 34.9 Å². The Labute approximate surface area is 197 Å². The Hall–Kier alpha value is -1.32. The van der Waals surface area contributed by atoms with Crippen molar-refractivity contribution in [3.8, 4) is 0 Å². The molecule has 2 rings (SSSR count). The second-order valence-electron chi connectivity index (χ2n) is 10.1. The van der Waals surface area contributed by atoms with E-state index in [0.29, 0.717) is 0 Å². The summed E-state index contributed by atoms with van der Waals surface area (Å²) in [5.74, 6) is -0.824. The minimum absolute atomic E-state index is 0.186. The van der Waals surface area contributed by atoms with Crippen LogP contribution in [0.2, 0.25) is 0 Å². The standard InChI is InChI=1S/C28H50N2O2/c1-2-25(28(31)32)19-16-18-24-30-23-17-12-8-7-11-15-22-27(29-30)26-20-13-9-5-3-4-6-10-14-21-26/h20,25H,2-19,21-24H2,1H3,(H,31,32)/b26-20+,29-27?. The van der Waals surface area contributed by atoms with Crippen LogP contribution < -0.4 is 0 Å². The van der Waals surface area contributed by atoms with Gasteiger partial charge in [0, 0.05) is 13.1 Å². The molecule has 4 nitrogen and oxygen atoms in total. The number of nitrogens with zero attached hydrogens (tertiary/aromatic N) is 2. The molecule has 1 atom stereocenters. The molecule has 0 aromatic carbocycles. The normalized spacial score (nSPS) is 23.1. The number of carboxylic acid groups (broad SMARTS) is 1. The molecule has 0 bridgehead atoms. The Morgan fingerprint density at radius 3 is 2.22 bits per heavy atom. The molecule has 1 heterocycles. The summed E-state index contributed by atoms with van der Waals surface area (Å²) in [6.07, 6.45) is 27.0. The smallest absolute Gasteiger partial charge is 0.306 e. The number of hydrogen-bond donors (Lipinski definition) is 1. The first-order valence-electron chi connectivity index (χ1n) is 14.0. The number of rotatable bonds is 8. The van der Waals surface area contributed by atoms with E-state index in [2.05, 4.69) is 11.1 Å². The lowest BCUT2D eigenvalue weighted by Gasteiger charge is -2.22. The maximum Gasteiger partial charge on any atom is 0.306 e. The number of hydrazone groups is 1. The Kier molecular flexibility index (Phi) is 14.5. The third kappa shape index (κ3) is 11.5. The molecule has 1 aliphatic heterocycles. The summed E-state index contributed by atoms with van der Waals surface area (Å²) in [6, 6.07) is 0. The first-order chi connectivity index (χ1) is 15.7. The van der Waals surface area contributed by atoms with Gasteiger partial charge in [-0.3, -0.25) is 9.80 Å². The number of aliphatic carboxylic acids is 1. The third-order valence-corrected chi connectivity index (χ3v) is 7.31. The quantitative estimate of drug-likeness (QED) is 0.383. The second kappa shape index (κ2) is 17.2. The Morgan fingerprint density at radius 2 is 1.53 bits per heavy atom. The molecule has 0 spiro atoms. The zero-order chi connectivity index (χ0) is 22.9. The van der Waals surface area contributed by atoms with Crippen LogP contribution in [0, 0.1) is 5.92 Å². The van der Waals surface area contributed by atoms with E-state index in [-0.39, 0.29) is 5.92 Å². The molecular formula is C28H50N2O2. The Morgan fingerprint density at radius 1 is 0.906 bits per heavy atom. The molecule has 0 fully saturated rings. The molecule has 1 N–H and O–H groups in total. The van der Waals surface area contributed by atoms with Gasteiger partial charge in [0.05, 0.1) is 11.6 Å². The number of carbonyl (C=O) groups is 1. The molecular weight excluding hydrogens is 396 g/mol. The zero-order valence-corrected chi connectivity index (χ0v) is 21.0. The number of hydrogen-bond acceptors (Lipinski definition) is 3. The highest BCUT2D eigenvalue weighted by atomic mass is 16.4. The van der Waals surface area contributed by atoms with Crippen LogP contribution in [-0.2, 0) is 4.79 Å². The molecule has 4 heteroatoms. The Balaban J connectivity index is 2.05. The van der Waals surface area contributed by atoms with Gasteiger partial charge in [0.15, 0.2) is 0 Å². The van der Waals surface area contributed by atoms with Gasteiger partial charge in [-0.05, 0) is 69.8 Å². The average Bonchev–Trinajstić information content (AvgIpc) is 2.88. The van der Waals surface area contributed by atoms with Crippen LogP contribution in [0.5, 0.6) is 0 Å². The summed E-state index contributed by atoms with van der Waals surface area (Å²) in [6.45, 7) is 4.00. The highest BCUT2D eigenvalue weighted by Crippen LogP contribution is 2.22. The molecule has 1 unspecified atom stereocenters. The van der Waals surface area contributed by atoms with Crippen LogP contribution in [0.3, 0.4) is 0 Å². The number of carboxylic acids is 1. The monoisotopic (exact) mass is 446 g/mol. The highest BCUT2D eigenvalue weighted by Gasteiger charge is 2.15. The molecule has 2 aliphatic rings. The van der Waals surface area contributed by atoms with Crippen molar-refractivity contribution in [2.24, 2.45) is 11.0 Å². The van der Waals surface area contributed by atoms with E-state index in [1.165, 1.54) is 108 Å². The van der Waals surface area contributed by atoms with Gasteiger partial charge in [-0.2, -0.15) is 5.10 Å². The fraction of sp³-hybridized carbons (Fsp3) is 0.857. The van der Waals surface area contributed by atoms with E-state index in [0.717, 1.165) is 45.2 Å². The van der Waals surface area contributed by atoms with E-state index in [9.17, 15) is 9.90 Å². The molecule has 1 aliphatic carbocycles. The van der Waals surface area contributed by atoms with E-state index >= 15 is 0 Å². The predicted octanol–water partition coefficient (Wildman–Crippen LogP) is 8.12. The summed E-state index contributed by atoms with van der Waals surface area (Å²) in [5, 5.41) is 16.9. The topological polar surface area (TPSA) is 52.9 Å². The van der Waals surface area contributed by atoms with Crippen molar-refractivity contribution in [1.82, 2.24) is 5.01 Å². The number of allylic oxidation sites excluding steroid dienone is 2. The minimum atomic E-state index is -0.637. The lowest BCUT2D eigenvalue weighted by atomic mass is 9.97. The molecule has 0 saturated carbocycles. The summed E-state index contributed by atoms with van der Waals surface area (Å²) in [7, 11) is 0. The first-order valence-corrected chi connectivity index (χ1v) is 14.0. The van der Waals surface area contributed by atoms with E-state index in [1.807, 2.05) is 6.92 Å². The SMILES string of the molecule is CCC(CCCCN1CCCCCCCCC(/C2=C/CCCCCCCCC2)=N1)C(=O)O. The van der Waals surface area contributed by atoms with Crippen LogP contribution in [0.1, 0.15) is 135 Å². The van der Waals surface area contributed by atoms with Crippen molar-refractivity contribution in [3.05, 3.63) is 11.6 Å². The van der Waals surface area contributed by atoms with Crippen LogP contribution >= 0.6 is 0 Å². The van der Waals surface area contributed by atoms with Gasteiger partial charge in [0.25, 0.3) is 0 Å². The third-order valence-electron chi connectivity index (χ3n) is 7.31. The molecule has 0 aromatic heterocycles. The van der Waals surface area contributed by atoms with E-state index in [1.54, 1.807) is 0 Å². The summed E-state index contributed by atoms with van der Waals surface area (Å²) in [4.78, 5) is 11.3. The Bertz CT molecular complexity index is 570. The number of unbranched alkanes of at least 4 members (excludes halogenated alkanes) is 1.